The zero-order valence-corrected chi connectivity index (χ0v) is 8.91. The van der Waals surface area contributed by atoms with E-state index in [1.807, 2.05) is 0 Å². The highest BCUT2D eigenvalue weighted by molar-refractivity contribution is 6.30. The second-order valence-corrected chi connectivity index (χ2v) is 3.96. The number of urea groups is 1. The first-order valence-electron chi connectivity index (χ1n) is 4.60. The highest BCUT2D eigenvalue weighted by Gasteiger charge is 2.46. The van der Waals surface area contributed by atoms with E-state index in [4.69, 9.17) is 11.6 Å². The van der Waals surface area contributed by atoms with Crippen molar-refractivity contribution in [3.05, 3.63) is 34.9 Å². The molecule has 0 spiro atoms. The molecule has 5 nitrogen and oxygen atoms in total. The van der Waals surface area contributed by atoms with Crippen LogP contribution >= 0.6 is 11.6 Å². The number of rotatable bonds is 2. The first kappa shape index (κ1) is 10.8. The number of carboxylic acid groups (broad SMARTS) is 1. The standard InChI is InChI=1S/C10H9ClN2O3/c11-7-3-1-6(2-4-7)10(8(14)15)5-12-9(16)13-10/h1-4H,5H2,(H,14,15)(H2,12,13,16). The van der Waals surface area contributed by atoms with Gasteiger partial charge < -0.3 is 15.7 Å². The number of amides is 2. The molecule has 2 rings (SSSR count). The summed E-state index contributed by atoms with van der Waals surface area (Å²) < 4.78 is 0. The van der Waals surface area contributed by atoms with E-state index in [1.54, 1.807) is 24.3 Å². The Balaban J connectivity index is 2.44. The minimum absolute atomic E-state index is 0.0167. The highest BCUT2D eigenvalue weighted by atomic mass is 35.5. The molecule has 1 atom stereocenters. The Morgan fingerprint density at radius 2 is 2.00 bits per heavy atom. The molecule has 0 aliphatic carbocycles. The topological polar surface area (TPSA) is 78.4 Å². The molecule has 1 aliphatic heterocycles. The summed E-state index contributed by atoms with van der Waals surface area (Å²) in [6.07, 6.45) is 0. The van der Waals surface area contributed by atoms with E-state index in [9.17, 15) is 14.7 Å². The molecule has 1 unspecified atom stereocenters. The van der Waals surface area contributed by atoms with Gasteiger partial charge in [-0.25, -0.2) is 9.59 Å². The van der Waals surface area contributed by atoms with Crippen molar-refractivity contribution in [3.8, 4) is 0 Å². The summed E-state index contributed by atoms with van der Waals surface area (Å²) in [5.41, 5.74) is -0.912. The van der Waals surface area contributed by atoms with Gasteiger partial charge in [0.25, 0.3) is 0 Å². The van der Waals surface area contributed by atoms with E-state index >= 15 is 0 Å². The second kappa shape index (κ2) is 3.68. The van der Waals surface area contributed by atoms with Crippen molar-refractivity contribution in [2.24, 2.45) is 0 Å². The van der Waals surface area contributed by atoms with Gasteiger partial charge in [-0.3, -0.25) is 0 Å². The summed E-state index contributed by atoms with van der Waals surface area (Å²) in [6.45, 7) is 0.0167. The van der Waals surface area contributed by atoms with Gasteiger partial charge >= 0.3 is 12.0 Å². The van der Waals surface area contributed by atoms with Crippen LogP contribution in [0, 0.1) is 0 Å². The van der Waals surface area contributed by atoms with Gasteiger partial charge in [0.2, 0.25) is 0 Å². The maximum absolute atomic E-state index is 11.3. The van der Waals surface area contributed by atoms with E-state index in [2.05, 4.69) is 10.6 Å². The molecule has 1 saturated heterocycles. The van der Waals surface area contributed by atoms with Crippen LogP contribution in [0.3, 0.4) is 0 Å². The molecule has 1 heterocycles. The molecule has 1 aromatic rings. The number of carboxylic acids is 1. The molecule has 3 N–H and O–H groups in total. The monoisotopic (exact) mass is 240 g/mol. The Bertz CT molecular complexity index is 446. The molecule has 0 radical (unpaired) electrons. The van der Waals surface area contributed by atoms with E-state index < -0.39 is 17.5 Å². The van der Waals surface area contributed by atoms with Gasteiger partial charge in [0.05, 0.1) is 6.54 Å². The predicted octanol–water partition coefficient (Wildman–Crippen LogP) is 0.933. The predicted molar refractivity (Wildman–Crippen MR) is 57.3 cm³/mol. The lowest BCUT2D eigenvalue weighted by Crippen LogP contribution is -2.47. The van der Waals surface area contributed by atoms with Crippen LogP contribution in [0.15, 0.2) is 24.3 Å². The van der Waals surface area contributed by atoms with E-state index in [0.717, 1.165) is 0 Å². The Morgan fingerprint density at radius 3 is 2.44 bits per heavy atom. The minimum atomic E-state index is -1.40. The van der Waals surface area contributed by atoms with Gasteiger partial charge in [-0.2, -0.15) is 0 Å². The quantitative estimate of drug-likeness (QED) is 0.720. The molecular weight excluding hydrogens is 232 g/mol. The summed E-state index contributed by atoms with van der Waals surface area (Å²) in [5.74, 6) is -1.10. The average Bonchev–Trinajstić information content (AvgIpc) is 2.63. The fourth-order valence-electron chi connectivity index (χ4n) is 1.66. The molecule has 16 heavy (non-hydrogen) atoms. The largest absolute Gasteiger partial charge is 0.479 e. The van der Waals surface area contributed by atoms with E-state index in [1.165, 1.54) is 0 Å². The highest BCUT2D eigenvalue weighted by Crippen LogP contribution is 2.25. The van der Waals surface area contributed by atoms with E-state index in [0.29, 0.717) is 10.6 Å². The fraction of sp³-hybridized carbons (Fsp3) is 0.200. The normalized spacial score (nSPS) is 23.7. The third kappa shape index (κ3) is 1.59. The number of hydrogen-bond acceptors (Lipinski definition) is 2. The van der Waals surface area contributed by atoms with Gasteiger partial charge in [-0.1, -0.05) is 23.7 Å². The van der Waals surface area contributed by atoms with Crippen LogP contribution in [-0.2, 0) is 10.3 Å². The number of nitrogens with one attached hydrogen (secondary N) is 2. The smallest absolute Gasteiger partial charge is 0.336 e. The third-order valence-electron chi connectivity index (χ3n) is 2.54. The van der Waals surface area contributed by atoms with Gasteiger partial charge in [0, 0.05) is 5.02 Å². The fourth-order valence-corrected chi connectivity index (χ4v) is 1.78. The summed E-state index contributed by atoms with van der Waals surface area (Å²) in [7, 11) is 0. The van der Waals surface area contributed by atoms with Gasteiger partial charge in [-0.05, 0) is 17.7 Å². The number of halogens is 1. The molecule has 6 heteroatoms. The molecule has 1 fully saturated rings. The first-order valence-corrected chi connectivity index (χ1v) is 4.98. The van der Waals surface area contributed by atoms with E-state index in [-0.39, 0.29) is 6.54 Å². The van der Waals surface area contributed by atoms with Crippen molar-refractivity contribution >= 4 is 23.6 Å². The van der Waals surface area contributed by atoms with Crippen LogP contribution in [0.5, 0.6) is 0 Å². The van der Waals surface area contributed by atoms with Gasteiger partial charge in [0.15, 0.2) is 5.54 Å². The lowest BCUT2D eigenvalue weighted by atomic mass is 9.91. The van der Waals surface area contributed by atoms with Crippen LogP contribution < -0.4 is 10.6 Å². The van der Waals surface area contributed by atoms with Crippen molar-refractivity contribution in [3.63, 3.8) is 0 Å². The van der Waals surface area contributed by atoms with Gasteiger partial charge in [-0.15, -0.1) is 0 Å². The summed E-state index contributed by atoms with van der Waals surface area (Å²) in [5, 5.41) is 14.6. The molecule has 84 valence electrons. The molecule has 0 aromatic heterocycles. The Hall–Kier alpha value is -1.75. The maximum Gasteiger partial charge on any atom is 0.336 e. The molecule has 2 amide bonds. The summed E-state index contributed by atoms with van der Waals surface area (Å²) in [6, 6.07) is 5.86. The SMILES string of the molecule is O=C1NCC(C(=O)O)(c2ccc(Cl)cc2)N1. The maximum atomic E-state index is 11.3. The van der Waals surface area contributed by atoms with Crippen molar-refractivity contribution in [1.82, 2.24) is 10.6 Å². The Labute approximate surface area is 96.4 Å². The van der Waals surface area contributed by atoms with Gasteiger partial charge in [0.1, 0.15) is 0 Å². The lowest BCUT2D eigenvalue weighted by Gasteiger charge is -2.23. The molecular formula is C10H9ClN2O3. The zero-order valence-electron chi connectivity index (χ0n) is 8.16. The molecule has 0 saturated carbocycles. The number of benzene rings is 1. The second-order valence-electron chi connectivity index (χ2n) is 3.53. The Morgan fingerprint density at radius 1 is 1.38 bits per heavy atom. The van der Waals surface area contributed by atoms with Crippen molar-refractivity contribution in [1.29, 1.82) is 0 Å². The summed E-state index contributed by atoms with van der Waals surface area (Å²) >= 11 is 5.72. The third-order valence-corrected chi connectivity index (χ3v) is 2.80. The zero-order chi connectivity index (χ0) is 11.8. The molecule has 1 aliphatic rings. The Kier molecular flexibility index (Phi) is 2.47. The lowest BCUT2D eigenvalue weighted by molar-refractivity contribution is -0.143. The number of hydrogen-bond donors (Lipinski definition) is 3. The number of carbonyl (C=O) groups excluding carboxylic acids is 1. The van der Waals surface area contributed by atoms with Crippen molar-refractivity contribution in [2.45, 2.75) is 5.54 Å². The van der Waals surface area contributed by atoms with Crippen LogP contribution in [-0.4, -0.2) is 23.7 Å². The number of carbonyl (C=O) groups is 2. The van der Waals surface area contributed by atoms with Crippen LogP contribution in [0.1, 0.15) is 5.56 Å². The molecule has 1 aromatic carbocycles. The summed E-state index contributed by atoms with van der Waals surface area (Å²) in [4.78, 5) is 22.4. The average molecular weight is 241 g/mol. The van der Waals surface area contributed by atoms with Crippen molar-refractivity contribution < 1.29 is 14.7 Å². The van der Waals surface area contributed by atoms with Crippen LogP contribution in [0.4, 0.5) is 4.79 Å². The number of aliphatic carboxylic acids is 1. The minimum Gasteiger partial charge on any atom is -0.479 e. The molecule has 0 bridgehead atoms. The van der Waals surface area contributed by atoms with Crippen LogP contribution in [0.2, 0.25) is 5.02 Å². The van der Waals surface area contributed by atoms with Crippen molar-refractivity contribution in [2.75, 3.05) is 6.54 Å². The first-order chi connectivity index (χ1) is 7.54. The van der Waals surface area contributed by atoms with Crippen LogP contribution in [0.25, 0.3) is 0 Å².